The van der Waals surface area contributed by atoms with Crippen LogP contribution in [0, 0.1) is 11.2 Å². The molecule has 0 spiro atoms. The lowest BCUT2D eigenvalue weighted by Gasteiger charge is -2.45. The molecule has 5 heteroatoms. The highest BCUT2D eigenvalue weighted by Gasteiger charge is 2.40. The Morgan fingerprint density at radius 1 is 1.25 bits per heavy atom. The van der Waals surface area contributed by atoms with E-state index in [1.165, 1.54) is 0 Å². The first-order valence-electron chi connectivity index (χ1n) is 10.6. The zero-order valence-corrected chi connectivity index (χ0v) is 17.9. The van der Waals surface area contributed by atoms with Gasteiger partial charge in [-0.2, -0.15) is 0 Å². The molecule has 2 atom stereocenters. The van der Waals surface area contributed by atoms with Crippen molar-refractivity contribution in [3.63, 3.8) is 0 Å². The van der Waals surface area contributed by atoms with Crippen LogP contribution in [0.3, 0.4) is 0 Å². The van der Waals surface area contributed by atoms with E-state index in [0.717, 1.165) is 49.9 Å². The van der Waals surface area contributed by atoms with Crippen molar-refractivity contribution in [2.75, 3.05) is 26.8 Å². The molecule has 4 rings (SSSR count). The molecule has 1 aromatic rings. The summed E-state index contributed by atoms with van der Waals surface area (Å²) in [6.07, 6.45) is 5.23. The van der Waals surface area contributed by atoms with Gasteiger partial charge in [-0.05, 0) is 70.1 Å². The Hall–Kier alpha value is -1.33. The number of hydrogen-bond donors (Lipinski definition) is 0. The summed E-state index contributed by atoms with van der Waals surface area (Å²) in [7, 11) is 1.60. The third-order valence-corrected chi connectivity index (χ3v) is 6.38. The van der Waals surface area contributed by atoms with Crippen LogP contribution in [0.5, 0.6) is 11.5 Å². The third-order valence-electron chi connectivity index (χ3n) is 6.38. The molecule has 1 aromatic carbocycles. The van der Waals surface area contributed by atoms with Crippen molar-refractivity contribution in [2.45, 2.75) is 77.5 Å². The molecular formula is C23H34FNO3. The van der Waals surface area contributed by atoms with Crippen molar-refractivity contribution in [3.05, 3.63) is 23.0 Å². The van der Waals surface area contributed by atoms with Crippen molar-refractivity contribution in [2.24, 2.45) is 5.41 Å². The fraction of sp³-hybridized carbons (Fsp3) is 0.739. The second-order valence-electron chi connectivity index (χ2n) is 10.1. The van der Waals surface area contributed by atoms with Gasteiger partial charge in [0.15, 0.2) is 17.3 Å². The average molecular weight is 392 g/mol. The van der Waals surface area contributed by atoms with E-state index in [1.54, 1.807) is 7.11 Å². The van der Waals surface area contributed by atoms with E-state index in [9.17, 15) is 0 Å². The SMILES string of the molecule is COc1cc2c(c(F)c1OCC1(C)CC1)CCN1CC(OC(C)(C)C)CCC21. The van der Waals surface area contributed by atoms with Crippen LogP contribution in [0.1, 0.15) is 70.5 Å². The van der Waals surface area contributed by atoms with Gasteiger partial charge >= 0.3 is 0 Å². The quantitative estimate of drug-likeness (QED) is 0.715. The first-order chi connectivity index (χ1) is 13.2. The number of methoxy groups -OCH3 is 1. The molecule has 2 unspecified atom stereocenters. The Bertz CT molecular complexity index is 738. The smallest absolute Gasteiger partial charge is 0.197 e. The average Bonchev–Trinajstić information content (AvgIpc) is 3.36. The minimum absolute atomic E-state index is 0.134. The second-order valence-corrected chi connectivity index (χ2v) is 10.1. The zero-order chi connectivity index (χ0) is 20.1. The topological polar surface area (TPSA) is 30.9 Å². The lowest BCUT2D eigenvalue weighted by molar-refractivity contribution is -0.0972. The predicted molar refractivity (Wildman–Crippen MR) is 108 cm³/mol. The first kappa shape index (κ1) is 20.0. The molecule has 4 nitrogen and oxygen atoms in total. The van der Waals surface area contributed by atoms with Crippen molar-refractivity contribution < 1.29 is 18.6 Å². The number of nitrogens with zero attached hydrogens (tertiary/aromatic N) is 1. The van der Waals surface area contributed by atoms with Gasteiger partial charge in [0, 0.05) is 24.5 Å². The van der Waals surface area contributed by atoms with Gasteiger partial charge in [-0.3, -0.25) is 4.90 Å². The molecule has 0 amide bonds. The molecule has 1 aliphatic carbocycles. The van der Waals surface area contributed by atoms with Crippen LogP contribution in [0.15, 0.2) is 6.07 Å². The fourth-order valence-corrected chi connectivity index (χ4v) is 4.56. The molecule has 0 radical (unpaired) electrons. The van der Waals surface area contributed by atoms with E-state index in [1.807, 2.05) is 6.07 Å². The summed E-state index contributed by atoms with van der Waals surface area (Å²) in [4.78, 5) is 2.45. The van der Waals surface area contributed by atoms with Gasteiger partial charge < -0.3 is 14.2 Å². The molecule has 1 saturated heterocycles. The van der Waals surface area contributed by atoms with Gasteiger partial charge in [-0.15, -0.1) is 0 Å². The fourth-order valence-electron chi connectivity index (χ4n) is 4.56. The van der Waals surface area contributed by atoms with Crippen molar-refractivity contribution in [1.29, 1.82) is 0 Å². The monoisotopic (exact) mass is 391 g/mol. The van der Waals surface area contributed by atoms with Crippen LogP contribution in [0.25, 0.3) is 0 Å². The lowest BCUT2D eigenvalue weighted by atomic mass is 9.85. The normalized spacial score (nSPS) is 26.4. The van der Waals surface area contributed by atoms with Crippen LogP contribution in [-0.4, -0.2) is 43.4 Å². The number of rotatable bonds is 5. The molecule has 2 heterocycles. The lowest BCUT2D eigenvalue weighted by Crippen LogP contribution is -2.47. The Balaban J connectivity index is 1.56. The number of hydrogen-bond acceptors (Lipinski definition) is 4. The summed E-state index contributed by atoms with van der Waals surface area (Å²) in [6, 6.07) is 2.26. The molecular weight excluding hydrogens is 357 g/mol. The summed E-state index contributed by atoms with van der Waals surface area (Å²) >= 11 is 0. The molecule has 3 aliphatic rings. The highest BCUT2D eigenvalue weighted by molar-refractivity contribution is 5.51. The summed E-state index contributed by atoms with van der Waals surface area (Å²) < 4.78 is 33.1. The largest absolute Gasteiger partial charge is 0.493 e. The Morgan fingerprint density at radius 2 is 2.00 bits per heavy atom. The highest BCUT2D eigenvalue weighted by Crippen LogP contribution is 2.48. The van der Waals surface area contributed by atoms with Crippen molar-refractivity contribution >= 4 is 0 Å². The minimum Gasteiger partial charge on any atom is -0.493 e. The van der Waals surface area contributed by atoms with Crippen LogP contribution >= 0.6 is 0 Å². The molecule has 0 N–H and O–H groups in total. The van der Waals surface area contributed by atoms with Gasteiger partial charge in [0.05, 0.1) is 25.4 Å². The maximum absolute atomic E-state index is 15.4. The van der Waals surface area contributed by atoms with Gasteiger partial charge in [-0.25, -0.2) is 4.39 Å². The minimum atomic E-state index is -0.216. The van der Waals surface area contributed by atoms with E-state index in [-0.39, 0.29) is 29.0 Å². The summed E-state index contributed by atoms with van der Waals surface area (Å²) in [5.41, 5.74) is 1.95. The Morgan fingerprint density at radius 3 is 2.64 bits per heavy atom. The molecule has 2 fully saturated rings. The van der Waals surface area contributed by atoms with E-state index in [2.05, 4.69) is 32.6 Å². The van der Waals surface area contributed by atoms with Crippen molar-refractivity contribution in [1.82, 2.24) is 4.90 Å². The van der Waals surface area contributed by atoms with E-state index >= 15 is 4.39 Å². The van der Waals surface area contributed by atoms with Gasteiger partial charge in [0.1, 0.15) is 0 Å². The van der Waals surface area contributed by atoms with Gasteiger partial charge in [-0.1, -0.05) is 6.92 Å². The van der Waals surface area contributed by atoms with Crippen LogP contribution in [0.4, 0.5) is 4.39 Å². The van der Waals surface area contributed by atoms with E-state index < -0.39 is 0 Å². The summed E-state index contributed by atoms with van der Waals surface area (Å²) in [5.74, 6) is 0.606. The van der Waals surface area contributed by atoms with E-state index in [0.29, 0.717) is 24.5 Å². The van der Waals surface area contributed by atoms with Crippen LogP contribution in [0.2, 0.25) is 0 Å². The maximum atomic E-state index is 15.4. The van der Waals surface area contributed by atoms with Crippen LogP contribution in [-0.2, 0) is 11.2 Å². The Kier molecular flexibility index (Phi) is 5.11. The number of benzene rings is 1. The molecule has 28 heavy (non-hydrogen) atoms. The molecule has 156 valence electrons. The Labute approximate surface area is 168 Å². The number of fused-ring (bicyclic) bond motifs is 3. The first-order valence-corrected chi connectivity index (χ1v) is 10.6. The maximum Gasteiger partial charge on any atom is 0.197 e. The number of ether oxygens (including phenoxy) is 3. The molecule has 0 bridgehead atoms. The summed E-state index contributed by atoms with van der Waals surface area (Å²) in [6.45, 7) is 10.8. The highest BCUT2D eigenvalue weighted by atomic mass is 19.1. The predicted octanol–water partition coefficient (Wildman–Crippen LogP) is 4.89. The number of piperidine rings is 1. The van der Waals surface area contributed by atoms with Crippen molar-refractivity contribution in [3.8, 4) is 11.5 Å². The second kappa shape index (κ2) is 7.17. The third kappa shape index (κ3) is 4.02. The summed E-state index contributed by atoms with van der Waals surface area (Å²) in [5, 5.41) is 0. The molecule has 0 aromatic heterocycles. The zero-order valence-electron chi connectivity index (χ0n) is 17.9. The molecule has 2 aliphatic heterocycles. The number of halogens is 1. The van der Waals surface area contributed by atoms with Gasteiger partial charge in [0.25, 0.3) is 0 Å². The van der Waals surface area contributed by atoms with E-state index in [4.69, 9.17) is 14.2 Å². The molecule has 1 saturated carbocycles. The standard InChI is InChI=1S/C23H34FNO3/c1-22(2,3)28-15-6-7-18-17-12-19(26-5)21(27-14-23(4)9-10-23)20(24)16(17)8-11-25(18)13-15/h12,15,18H,6-11,13-14H2,1-5H3. The van der Waals surface area contributed by atoms with Crippen LogP contribution < -0.4 is 9.47 Å². The van der Waals surface area contributed by atoms with Gasteiger partial charge in [0.2, 0.25) is 0 Å².